The SMILES string of the molecule is C[Si](C)(C)CCOCn1ccc2c1ncc1c(=O)ccn([C@H]3CC[C@H](CN[C@H](CC#N)C(F)(F)F)CC3)c12. The Hall–Kier alpha value is -2.68. The van der Waals surface area contributed by atoms with Gasteiger partial charge in [-0.1, -0.05) is 19.6 Å². The molecule has 1 saturated carbocycles. The van der Waals surface area contributed by atoms with Gasteiger partial charge in [-0.15, -0.1) is 0 Å². The lowest BCUT2D eigenvalue weighted by Gasteiger charge is -2.32. The lowest BCUT2D eigenvalue weighted by Crippen LogP contribution is -2.44. The molecule has 1 aliphatic rings. The molecule has 206 valence electrons. The van der Waals surface area contributed by atoms with E-state index in [0.29, 0.717) is 18.7 Å². The maximum absolute atomic E-state index is 13.1. The van der Waals surface area contributed by atoms with Crippen LogP contribution in [0.25, 0.3) is 21.9 Å². The molecule has 0 radical (unpaired) electrons. The normalized spacial score (nSPS) is 19.6. The number of nitrogens with zero attached hydrogens (tertiary/aromatic N) is 4. The number of halogens is 3. The number of hydrogen-bond acceptors (Lipinski definition) is 5. The molecule has 3 aromatic heterocycles. The van der Waals surface area contributed by atoms with E-state index in [1.807, 2.05) is 23.0 Å². The molecule has 1 atom stereocenters. The molecule has 0 aromatic carbocycles. The average Bonchev–Trinajstić information content (AvgIpc) is 3.27. The summed E-state index contributed by atoms with van der Waals surface area (Å²) in [5, 5.41) is 12.8. The highest BCUT2D eigenvalue weighted by Crippen LogP contribution is 2.35. The number of fused-ring (bicyclic) bond motifs is 3. The second-order valence-electron chi connectivity index (χ2n) is 11.5. The summed E-state index contributed by atoms with van der Waals surface area (Å²) in [6.45, 7) is 8.27. The second-order valence-corrected chi connectivity index (χ2v) is 17.1. The van der Waals surface area contributed by atoms with Gasteiger partial charge in [0, 0.05) is 50.8 Å². The maximum Gasteiger partial charge on any atom is 0.404 e. The molecule has 1 N–H and O–H groups in total. The Morgan fingerprint density at radius 2 is 1.92 bits per heavy atom. The van der Waals surface area contributed by atoms with Crippen LogP contribution in [0.5, 0.6) is 0 Å². The van der Waals surface area contributed by atoms with Crippen LogP contribution in [0.15, 0.2) is 35.5 Å². The van der Waals surface area contributed by atoms with E-state index in [9.17, 15) is 18.0 Å². The minimum absolute atomic E-state index is 0.0849. The van der Waals surface area contributed by atoms with E-state index >= 15 is 0 Å². The summed E-state index contributed by atoms with van der Waals surface area (Å²) in [6.07, 6.45) is 3.51. The molecular formula is C27H36F3N5O2Si. The molecule has 1 aliphatic carbocycles. The van der Waals surface area contributed by atoms with Gasteiger partial charge in [0.2, 0.25) is 0 Å². The van der Waals surface area contributed by atoms with Crippen molar-refractivity contribution in [3.05, 3.63) is 40.9 Å². The van der Waals surface area contributed by atoms with Crippen molar-refractivity contribution >= 4 is 30.0 Å². The highest BCUT2D eigenvalue weighted by Gasteiger charge is 2.39. The minimum Gasteiger partial charge on any atom is -0.361 e. The van der Waals surface area contributed by atoms with Crippen molar-refractivity contribution in [2.45, 2.75) is 82.8 Å². The van der Waals surface area contributed by atoms with Gasteiger partial charge in [-0.3, -0.25) is 4.79 Å². The predicted octanol–water partition coefficient (Wildman–Crippen LogP) is 5.83. The number of pyridine rings is 2. The van der Waals surface area contributed by atoms with Crippen LogP contribution < -0.4 is 10.7 Å². The Kier molecular flexibility index (Phi) is 8.64. The molecule has 3 aromatic rings. The monoisotopic (exact) mass is 547 g/mol. The number of nitrogens with one attached hydrogen (secondary N) is 1. The third-order valence-corrected chi connectivity index (χ3v) is 9.15. The number of rotatable bonds is 10. The van der Waals surface area contributed by atoms with Gasteiger partial charge in [0.1, 0.15) is 18.4 Å². The van der Waals surface area contributed by atoms with Gasteiger partial charge >= 0.3 is 6.18 Å². The first-order chi connectivity index (χ1) is 18.0. The first-order valence-corrected chi connectivity index (χ1v) is 16.9. The molecule has 0 spiro atoms. The van der Waals surface area contributed by atoms with Crippen molar-refractivity contribution in [1.29, 1.82) is 5.26 Å². The van der Waals surface area contributed by atoms with Crippen molar-refractivity contribution in [1.82, 2.24) is 19.4 Å². The Labute approximate surface area is 221 Å². The molecule has 11 heteroatoms. The van der Waals surface area contributed by atoms with Crippen molar-refractivity contribution in [2.75, 3.05) is 13.2 Å². The standard InChI is InChI=1S/C27H36F3N5O2Si/c1-38(2,3)15-14-37-18-34-12-9-21-25-22(17-33-26(21)34)23(36)10-13-35(25)20-6-4-19(5-7-20)16-32-24(8-11-31)27(28,29)30/h9-10,12-13,17,19-20,24,32H,4-8,14-16,18H2,1-3H3/t19-,20-,24-/m1/s1. The van der Waals surface area contributed by atoms with Crippen LogP contribution in [0.4, 0.5) is 13.2 Å². The van der Waals surface area contributed by atoms with Gasteiger partial charge in [-0.25, -0.2) is 4.98 Å². The molecule has 3 heterocycles. The van der Waals surface area contributed by atoms with Gasteiger partial charge in [-0.2, -0.15) is 18.4 Å². The lowest BCUT2D eigenvalue weighted by atomic mass is 9.85. The van der Waals surface area contributed by atoms with Gasteiger partial charge in [0.05, 0.1) is 23.4 Å². The van der Waals surface area contributed by atoms with Crippen LogP contribution in [0.2, 0.25) is 25.7 Å². The smallest absolute Gasteiger partial charge is 0.361 e. The number of alkyl halides is 3. The largest absolute Gasteiger partial charge is 0.404 e. The highest BCUT2D eigenvalue weighted by molar-refractivity contribution is 6.76. The number of hydrogen-bond donors (Lipinski definition) is 1. The summed E-state index contributed by atoms with van der Waals surface area (Å²) in [5.74, 6) is 0.108. The van der Waals surface area contributed by atoms with Crippen LogP contribution in [-0.4, -0.2) is 47.6 Å². The fourth-order valence-electron chi connectivity index (χ4n) is 5.18. The Morgan fingerprint density at radius 1 is 1.18 bits per heavy atom. The molecular weight excluding hydrogens is 511 g/mol. The van der Waals surface area contributed by atoms with Crippen molar-refractivity contribution in [3.63, 3.8) is 0 Å². The zero-order chi connectivity index (χ0) is 27.5. The summed E-state index contributed by atoms with van der Waals surface area (Å²) in [6, 6.07) is 4.58. The van der Waals surface area contributed by atoms with E-state index < -0.39 is 26.7 Å². The third kappa shape index (κ3) is 6.65. The van der Waals surface area contributed by atoms with E-state index in [1.165, 1.54) is 0 Å². The summed E-state index contributed by atoms with van der Waals surface area (Å²) < 4.78 is 49.4. The van der Waals surface area contributed by atoms with E-state index in [2.05, 4.69) is 34.5 Å². The lowest BCUT2D eigenvalue weighted by molar-refractivity contribution is -0.155. The Bertz CT molecular complexity index is 1350. The van der Waals surface area contributed by atoms with Crippen LogP contribution in [-0.2, 0) is 11.5 Å². The molecule has 7 nitrogen and oxygen atoms in total. The summed E-state index contributed by atoms with van der Waals surface area (Å²) in [7, 11) is -1.19. The zero-order valence-corrected chi connectivity index (χ0v) is 23.2. The molecule has 0 aliphatic heterocycles. The van der Waals surface area contributed by atoms with Crippen LogP contribution in [0.1, 0.15) is 38.1 Å². The van der Waals surface area contributed by atoms with Gasteiger partial charge in [0.15, 0.2) is 5.43 Å². The van der Waals surface area contributed by atoms with Gasteiger partial charge < -0.3 is 19.2 Å². The molecule has 1 fully saturated rings. The summed E-state index contributed by atoms with van der Waals surface area (Å²) >= 11 is 0. The third-order valence-electron chi connectivity index (χ3n) is 7.45. The van der Waals surface area contributed by atoms with Crippen molar-refractivity contribution in [2.24, 2.45) is 5.92 Å². The van der Waals surface area contributed by atoms with Gasteiger partial charge in [0.25, 0.3) is 0 Å². The van der Waals surface area contributed by atoms with E-state index in [1.54, 1.807) is 18.3 Å². The highest BCUT2D eigenvalue weighted by atomic mass is 28.3. The van der Waals surface area contributed by atoms with Crippen molar-refractivity contribution < 1.29 is 17.9 Å². The molecule has 0 bridgehead atoms. The fourth-order valence-corrected chi connectivity index (χ4v) is 5.93. The molecule has 0 amide bonds. The summed E-state index contributed by atoms with van der Waals surface area (Å²) in [4.78, 5) is 17.3. The Morgan fingerprint density at radius 3 is 2.58 bits per heavy atom. The fraction of sp³-hybridized carbons (Fsp3) is 0.593. The molecule has 0 saturated heterocycles. The summed E-state index contributed by atoms with van der Waals surface area (Å²) in [5.41, 5.74) is 1.52. The predicted molar refractivity (Wildman–Crippen MR) is 145 cm³/mol. The number of aromatic nitrogens is 3. The zero-order valence-electron chi connectivity index (χ0n) is 22.2. The maximum atomic E-state index is 13.1. The topological polar surface area (TPSA) is 84.9 Å². The average molecular weight is 548 g/mol. The molecule has 0 unspecified atom stereocenters. The molecule has 38 heavy (non-hydrogen) atoms. The second kappa shape index (κ2) is 11.6. The van der Waals surface area contributed by atoms with E-state index in [0.717, 1.165) is 48.3 Å². The Balaban J connectivity index is 1.49. The van der Waals surface area contributed by atoms with Crippen LogP contribution in [0, 0.1) is 17.2 Å². The van der Waals surface area contributed by atoms with Crippen molar-refractivity contribution in [3.8, 4) is 6.07 Å². The van der Waals surface area contributed by atoms with Crippen LogP contribution >= 0.6 is 0 Å². The quantitative estimate of drug-likeness (QED) is 0.255. The van der Waals surface area contributed by atoms with Crippen LogP contribution in [0.3, 0.4) is 0 Å². The molecule has 4 rings (SSSR count). The van der Waals surface area contributed by atoms with E-state index in [-0.39, 0.29) is 23.9 Å². The first-order valence-electron chi connectivity index (χ1n) is 13.2. The number of nitriles is 1. The van der Waals surface area contributed by atoms with E-state index in [4.69, 9.17) is 10.00 Å². The minimum atomic E-state index is -4.43. The number of ether oxygens (including phenoxy) is 1. The van der Waals surface area contributed by atoms with Gasteiger partial charge in [-0.05, 0) is 50.3 Å². The first kappa shape index (κ1) is 28.3.